The maximum Gasteiger partial charge on any atom is 0.422 e. The number of esters is 1. The lowest BCUT2D eigenvalue weighted by Gasteiger charge is -2.37. The first-order chi connectivity index (χ1) is 16.5. The van der Waals surface area contributed by atoms with E-state index in [1.54, 1.807) is 19.9 Å². The molecule has 0 aliphatic rings. The van der Waals surface area contributed by atoms with Crippen LogP contribution in [-0.4, -0.2) is 33.8 Å². The Morgan fingerprint density at radius 1 is 1.14 bits per heavy atom. The van der Waals surface area contributed by atoms with Gasteiger partial charge < -0.3 is 14.6 Å². The van der Waals surface area contributed by atoms with Gasteiger partial charge in [0, 0.05) is 34.6 Å². The van der Waals surface area contributed by atoms with Gasteiger partial charge in [0.05, 0.1) is 6.61 Å². The highest BCUT2D eigenvalue weighted by Crippen LogP contribution is 2.50. The zero-order valence-electron chi connectivity index (χ0n) is 19.3. The maximum absolute atomic E-state index is 14.1. The van der Waals surface area contributed by atoms with Gasteiger partial charge in [-0.2, -0.15) is 13.2 Å². The molecular weight excluding hydrogens is 485 g/mol. The molecular formula is C25H24ClF3N2O4. The Balaban J connectivity index is 1.79. The Kier molecular flexibility index (Phi) is 8.02. The monoisotopic (exact) mass is 508 g/mol. The molecule has 0 spiro atoms. The number of carbonyl (C=O) groups is 1. The molecule has 186 valence electrons. The molecule has 2 unspecified atom stereocenters. The van der Waals surface area contributed by atoms with Crippen molar-refractivity contribution in [3.8, 4) is 5.75 Å². The van der Waals surface area contributed by atoms with Crippen LogP contribution in [-0.2, 0) is 16.9 Å². The van der Waals surface area contributed by atoms with Crippen LogP contribution in [0.4, 0.5) is 13.2 Å². The summed E-state index contributed by atoms with van der Waals surface area (Å²) < 4.78 is 52.9. The second-order valence-corrected chi connectivity index (χ2v) is 8.32. The summed E-state index contributed by atoms with van der Waals surface area (Å²) in [5.41, 5.74) is -2.23. The first-order valence-corrected chi connectivity index (χ1v) is 11.1. The molecule has 35 heavy (non-hydrogen) atoms. The van der Waals surface area contributed by atoms with Gasteiger partial charge in [0.25, 0.3) is 0 Å². The number of rotatable bonds is 8. The number of hydrogen-bond donors (Lipinski definition) is 1. The van der Waals surface area contributed by atoms with Crippen molar-refractivity contribution in [1.82, 2.24) is 9.97 Å². The number of carbonyl (C=O) groups excluding carboxylic acids is 1. The van der Waals surface area contributed by atoms with E-state index in [0.29, 0.717) is 17.0 Å². The molecule has 0 aliphatic carbocycles. The standard InChI is InChI=1S/C25H24ClF3N2O4/c1-4-34-23(32)22-8-5-17(13-31-22)14-35-19-6-7-20(21(26)12-19)16(3)24(33,25(27,28)29)18-9-10-30-15(2)11-18/h5-13,16,33H,4,14H2,1-3H3. The minimum atomic E-state index is -4.97. The summed E-state index contributed by atoms with van der Waals surface area (Å²) in [4.78, 5) is 19.6. The van der Waals surface area contributed by atoms with Crippen molar-refractivity contribution in [2.45, 2.75) is 45.1 Å². The zero-order valence-corrected chi connectivity index (χ0v) is 20.0. The third-order valence-electron chi connectivity index (χ3n) is 5.55. The molecule has 0 amide bonds. The number of halogens is 4. The van der Waals surface area contributed by atoms with E-state index < -0.39 is 23.7 Å². The smallest absolute Gasteiger partial charge is 0.422 e. The minimum absolute atomic E-state index is 0.0132. The van der Waals surface area contributed by atoms with Gasteiger partial charge in [0.15, 0.2) is 5.60 Å². The minimum Gasteiger partial charge on any atom is -0.489 e. The summed E-state index contributed by atoms with van der Waals surface area (Å²) in [5.74, 6) is -1.64. The lowest BCUT2D eigenvalue weighted by molar-refractivity contribution is -0.274. The summed E-state index contributed by atoms with van der Waals surface area (Å²) >= 11 is 6.33. The van der Waals surface area contributed by atoms with E-state index >= 15 is 0 Å². The van der Waals surface area contributed by atoms with Crippen molar-refractivity contribution in [3.05, 3.63) is 88.0 Å². The number of pyridine rings is 2. The Labute approximate surface area is 205 Å². The summed E-state index contributed by atoms with van der Waals surface area (Å²) in [5, 5.41) is 10.9. The number of hydrogen-bond acceptors (Lipinski definition) is 6. The molecule has 2 aromatic heterocycles. The summed E-state index contributed by atoms with van der Waals surface area (Å²) in [6.45, 7) is 4.83. The molecule has 3 aromatic rings. The van der Waals surface area contributed by atoms with Crippen molar-refractivity contribution in [2.24, 2.45) is 0 Å². The van der Waals surface area contributed by atoms with Crippen LogP contribution in [0.1, 0.15) is 52.6 Å². The molecule has 0 fully saturated rings. The lowest BCUT2D eigenvalue weighted by atomic mass is 9.78. The summed E-state index contributed by atoms with van der Waals surface area (Å²) in [6.07, 6.45) is -2.29. The third kappa shape index (κ3) is 5.74. The molecule has 1 aromatic carbocycles. The van der Waals surface area contributed by atoms with Crippen molar-refractivity contribution < 1.29 is 32.5 Å². The summed E-state index contributed by atoms with van der Waals surface area (Å²) in [7, 11) is 0. The first-order valence-electron chi connectivity index (χ1n) is 10.7. The highest BCUT2D eigenvalue weighted by atomic mass is 35.5. The quantitative estimate of drug-likeness (QED) is 0.390. The molecule has 0 aliphatic heterocycles. The number of nitrogens with zero attached hydrogens (tertiary/aromatic N) is 2. The van der Waals surface area contributed by atoms with E-state index in [0.717, 1.165) is 6.07 Å². The molecule has 0 saturated carbocycles. The van der Waals surface area contributed by atoms with Crippen molar-refractivity contribution >= 4 is 17.6 Å². The van der Waals surface area contributed by atoms with E-state index in [4.69, 9.17) is 21.1 Å². The Morgan fingerprint density at radius 3 is 2.46 bits per heavy atom. The zero-order chi connectivity index (χ0) is 25.8. The van der Waals surface area contributed by atoms with Gasteiger partial charge in [-0.1, -0.05) is 30.7 Å². The van der Waals surface area contributed by atoms with Crippen LogP contribution in [0, 0.1) is 6.92 Å². The van der Waals surface area contributed by atoms with Crippen LogP contribution in [0.3, 0.4) is 0 Å². The fraction of sp³-hybridized carbons (Fsp3) is 0.320. The molecule has 1 N–H and O–H groups in total. The predicted molar refractivity (Wildman–Crippen MR) is 123 cm³/mol. The van der Waals surface area contributed by atoms with Crippen LogP contribution >= 0.6 is 11.6 Å². The third-order valence-corrected chi connectivity index (χ3v) is 5.88. The van der Waals surface area contributed by atoms with E-state index in [1.165, 1.54) is 49.6 Å². The van der Waals surface area contributed by atoms with Crippen LogP contribution in [0.2, 0.25) is 5.02 Å². The van der Waals surface area contributed by atoms with Crippen molar-refractivity contribution in [2.75, 3.05) is 6.61 Å². The normalized spacial score (nSPS) is 14.2. The van der Waals surface area contributed by atoms with Crippen molar-refractivity contribution in [1.29, 1.82) is 0 Å². The van der Waals surface area contributed by atoms with E-state index in [-0.39, 0.29) is 35.1 Å². The second-order valence-electron chi connectivity index (χ2n) is 7.92. The predicted octanol–water partition coefficient (Wildman–Crippen LogP) is 5.75. The highest BCUT2D eigenvalue weighted by molar-refractivity contribution is 6.31. The summed E-state index contributed by atoms with van der Waals surface area (Å²) in [6, 6.07) is 9.77. The van der Waals surface area contributed by atoms with Gasteiger partial charge in [-0.15, -0.1) is 0 Å². The number of aromatic nitrogens is 2. The average Bonchev–Trinajstić information content (AvgIpc) is 2.81. The topological polar surface area (TPSA) is 81.5 Å². The highest BCUT2D eigenvalue weighted by Gasteiger charge is 2.59. The van der Waals surface area contributed by atoms with Crippen LogP contribution < -0.4 is 4.74 Å². The molecule has 10 heteroatoms. The van der Waals surface area contributed by atoms with Gasteiger partial charge in [-0.05, 0) is 55.3 Å². The number of ether oxygens (including phenoxy) is 2. The molecule has 0 bridgehead atoms. The number of alkyl halides is 3. The molecule has 2 heterocycles. The van der Waals surface area contributed by atoms with Crippen LogP contribution in [0.5, 0.6) is 5.75 Å². The maximum atomic E-state index is 14.1. The molecule has 0 saturated heterocycles. The van der Waals surface area contributed by atoms with E-state index in [9.17, 15) is 23.1 Å². The molecule has 6 nitrogen and oxygen atoms in total. The first kappa shape index (κ1) is 26.4. The Bertz CT molecular complexity index is 1190. The van der Waals surface area contributed by atoms with Gasteiger partial charge in [0.2, 0.25) is 0 Å². The van der Waals surface area contributed by atoms with E-state index in [1.807, 2.05) is 0 Å². The van der Waals surface area contributed by atoms with Gasteiger partial charge in [-0.25, -0.2) is 9.78 Å². The fourth-order valence-electron chi connectivity index (χ4n) is 3.62. The van der Waals surface area contributed by atoms with Crippen LogP contribution in [0.15, 0.2) is 54.9 Å². The SMILES string of the molecule is CCOC(=O)c1ccc(COc2ccc(C(C)C(O)(c3ccnc(C)c3)C(F)(F)F)c(Cl)c2)cn1. The van der Waals surface area contributed by atoms with E-state index in [2.05, 4.69) is 9.97 Å². The number of aliphatic hydroxyl groups is 1. The number of aryl methyl sites for hydroxylation is 1. The second kappa shape index (κ2) is 10.6. The molecule has 2 atom stereocenters. The van der Waals surface area contributed by atoms with Crippen molar-refractivity contribution in [3.63, 3.8) is 0 Å². The molecule has 0 radical (unpaired) electrons. The van der Waals surface area contributed by atoms with Gasteiger partial charge in [-0.3, -0.25) is 4.98 Å². The largest absolute Gasteiger partial charge is 0.489 e. The van der Waals surface area contributed by atoms with Gasteiger partial charge in [0.1, 0.15) is 18.1 Å². The van der Waals surface area contributed by atoms with Crippen LogP contribution in [0.25, 0.3) is 0 Å². The Morgan fingerprint density at radius 2 is 1.89 bits per heavy atom. The molecule has 3 rings (SSSR count). The fourth-order valence-corrected chi connectivity index (χ4v) is 3.95. The average molecular weight is 509 g/mol. The Hall–Kier alpha value is -3.17. The lowest BCUT2D eigenvalue weighted by Crippen LogP contribution is -2.46. The number of benzene rings is 1. The van der Waals surface area contributed by atoms with Gasteiger partial charge >= 0.3 is 12.1 Å².